The minimum Gasteiger partial charge on any atom is -0.465 e. The third kappa shape index (κ3) is 3.71. The molecule has 0 bridgehead atoms. The number of hydrogen-bond acceptors (Lipinski definition) is 7. The van der Waals surface area contributed by atoms with Gasteiger partial charge in [0.25, 0.3) is 5.69 Å². The zero-order chi connectivity index (χ0) is 19.4. The van der Waals surface area contributed by atoms with Crippen LogP contribution in [0, 0.1) is 10.1 Å². The zero-order valence-corrected chi connectivity index (χ0v) is 15.1. The Morgan fingerprint density at radius 3 is 2.35 bits per heavy atom. The molecule has 0 spiro atoms. The van der Waals surface area contributed by atoms with Crippen molar-refractivity contribution in [3.8, 4) is 0 Å². The van der Waals surface area contributed by atoms with Crippen LogP contribution >= 0.6 is 23.2 Å². The summed E-state index contributed by atoms with van der Waals surface area (Å²) in [4.78, 5) is 36.3. The highest BCUT2D eigenvalue weighted by Gasteiger charge is 2.32. The number of nitrogens with zero attached hydrogens (tertiary/aromatic N) is 2. The fourth-order valence-electron chi connectivity index (χ4n) is 2.27. The number of benzene rings is 1. The molecule has 0 unspecified atom stereocenters. The van der Waals surface area contributed by atoms with Crippen LogP contribution in [0.15, 0.2) is 47.8 Å². The third-order valence-electron chi connectivity index (χ3n) is 3.33. The normalized spacial score (nSPS) is 13.5. The fraction of sp³-hybridized carbons (Fsp3) is 0.125. The Hall–Kier alpha value is -2.84. The van der Waals surface area contributed by atoms with E-state index in [1.165, 1.54) is 30.5 Å². The standard InChI is InChI=1S/C16H12Cl2N2O6/c1-25-15(21)10-5-3-4-6-19(13(10)16(22)26-2)14-11(18)7-9(17)8-12(14)20(23)24/h3-8H,1-2H3. The Kier molecular flexibility index (Phi) is 6.01. The van der Waals surface area contributed by atoms with E-state index in [1.54, 1.807) is 0 Å². The number of rotatable bonds is 4. The van der Waals surface area contributed by atoms with Crippen LogP contribution in [-0.2, 0) is 19.1 Å². The summed E-state index contributed by atoms with van der Waals surface area (Å²) in [5.41, 5.74) is -1.07. The average Bonchev–Trinajstić information content (AvgIpc) is 2.82. The molecule has 10 heteroatoms. The van der Waals surface area contributed by atoms with E-state index in [0.717, 1.165) is 25.2 Å². The van der Waals surface area contributed by atoms with Gasteiger partial charge in [0.2, 0.25) is 0 Å². The van der Waals surface area contributed by atoms with E-state index in [1.807, 2.05) is 0 Å². The van der Waals surface area contributed by atoms with E-state index < -0.39 is 22.5 Å². The summed E-state index contributed by atoms with van der Waals surface area (Å²) < 4.78 is 9.42. The predicted octanol–water partition coefficient (Wildman–Crippen LogP) is 3.39. The van der Waals surface area contributed by atoms with Crippen molar-refractivity contribution in [2.24, 2.45) is 0 Å². The number of ether oxygens (including phenoxy) is 2. The second-order valence-electron chi connectivity index (χ2n) is 4.83. The number of nitro groups is 1. The number of carbonyl (C=O) groups is 2. The van der Waals surface area contributed by atoms with Gasteiger partial charge < -0.3 is 14.4 Å². The molecule has 0 saturated carbocycles. The molecule has 0 N–H and O–H groups in total. The number of esters is 2. The summed E-state index contributed by atoms with van der Waals surface area (Å²) in [5, 5.41) is 11.4. The Morgan fingerprint density at radius 1 is 1.12 bits per heavy atom. The molecule has 26 heavy (non-hydrogen) atoms. The summed E-state index contributed by atoms with van der Waals surface area (Å²) in [5.74, 6) is -1.75. The first-order valence-corrected chi connectivity index (χ1v) is 7.75. The Labute approximate surface area is 158 Å². The van der Waals surface area contributed by atoms with Gasteiger partial charge in [0.05, 0.1) is 29.7 Å². The lowest BCUT2D eigenvalue weighted by Gasteiger charge is -2.23. The number of allylic oxidation sites excluding steroid dienone is 2. The summed E-state index contributed by atoms with van der Waals surface area (Å²) >= 11 is 12.0. The van der Waals surface area contributed by atoms with Gasteiger partial charge in [-0.1, -0.05) is 29.3 Å². The molecule has 0 amide bonds. The molecule has 1 heterocycles. The van der Waals surface area contributed by atoms with Crippen molar-refractivity contribution in [2.75, 3.05) is 19.1 Å². The van der Waals surface area contributed by atoms with Crippen LogP contribution in [0.3, 0.4) is 0 Å². The Bertz CT molecular complexity index is 876. The van der Waals surface area contributed by atoms with Crippen LogP contribution in [0.2, 0.25) is 10.0 Å². The van der Waals surface area contributed by atoms with Gasteiger partial charge in [-0.25, -0.2) is 9.59 Å². The summed E-state index contributed by atoms with van der Waals surface area (Å²) in [7, 11) is 2.25. The van der Waals surface area contributed by atoms with Crippen LogP contribution in [0.25, 0.3) is 0 Å². The number of halogens is 2. The Morgan fingerprint density at radius 2 is 1.77 bits per heavy atom. The number of nitro benzene ring substituents is 1. The molecule has 0 radical (unpaired) electrons. The van der Waals surface area contributed by atoms with Crippen molar-refractivity contribution in [1.82, 2.24) is 0 Å². The van der Waals surface area contributed by atoms with E-state index in [9.17, 15) is 19.7 Å². The van der Waals surface area contributed by atoms with Gasteiger partial charge in [-0.3, -0.25) is 10.1 Å². The molecule has 1 aromatic rings. The number of anilines is 1. The molecule has 1 aromatic carbocycles. The van der Waals surface area contributed by atoms with Crippen molar-refractivity contribution in [1.29, 1.82) is 0 Å². The second-order valence-corrected chi connectivity index (χ2v) is 5.67. The number of carbonyl (C=O) groups excluding carboxylic acids is 2. The first kappa shape index (κ1) is 19.5. The second kappa shape index (κ2) is 8.03. The molecule has 0 aromatic heterocycles. The zero-order valence-electron chi connectivity index (χ0n) is 13.6. The summed E-state index contributed by atoms with van der Waals surface area (Å²) in [6, 6.07) is 2.37. The van der Waals surface area contributed by atoms with Crippen molar-refractivity contribution < 1.29 is 24.0 Å². The van der Waals surface area contributed by atoms with Crippen molar-refractivity contribution >= 4 is 46.5 Å². The molecule has 0 atom stereocenters. The van der Waals surface area contributed by atoms with Gasteiger partial charge in [-0.05, 0) is 18.2 Å². The highest BCUT2D eigenvalue weighted by atomic mass is 35.5. The molecule has 0 aliphatic carbocycles. The van der Waals surface area contributed by atoms with Gasteiger partial charge in [0.1, 0.15) is 11.4 Å². The molecule has 0 fully saturated rings. The van der Waals surface area contributed by atoms with Gasteiger partial charge in [-0.15, -0.1) is 0 Å². The van der Waals surface area contributed by atoms with Gasteiger partial charge in [-0.2, -0.15) is 0 Å². The predicted molar refractivity (Wildman–Crippen MR) is 94.9 cm³/mol. The molecule has 1 aliphatic heterocycles. The number of methoxy groups -OCH3 is 2. The van der Waals surface area contributed by atoms with Gasteiger partial charge >= 0.3 is 11.9 Å². The van der Waals surface area contributed by atoms with E-state index in [2.05, 4.69) is 4.74 Å². The van der Waals surface area contributed by atoms with Crippen LogP contribution in [0.5, 0.6) is 0 Å². The third-order valence-corrected chi connectivity index (χ3v) is 3.84. The molecule has 2 rings (SSSR count). The fourth-order valence-corrected chi connectivity index (χ4v) is 2.84. The van der Waals surface area contributed by atoms with Crippen LogP contribution < -0.4 is 4.90 Å². The maximum Gasteiger partial charge on any atom is 0.355 e. The maximum atomic E-state index is 12.4. The van der Waals surface area contributed by atoms with Crippen molar-refractivity contribution in [3.63, 3.8) is 0 Å². The molecule has 1 aliphatic rings. The van der Waals surface area contributed by atoms with Gasteiger partial charge in [0, 0.05) is 17.3 Å². The average molecular weight is 399 g/mol. The van der Waals surface area contributed by atoms with E-state index in [-0.39, 0.29) is 27.0 Å². The maximum absolute atomic E-state index is 12.4. The monoisotopic (exact) mass is 398 g/mol. The SMILES string of the molecule is COC(=O)C1=C(C(=O)OC)N(c2c(Cl)cc(Cl)cc2[N+](=O)[O-])C=CC=C1. The Balaban J connectivity index is 2.84. The van der Waals surface area contributed by atoms with Gasteiger partial charge in [0.15, 0.2) is 0 Å². The first-order valence-electron chi connectivity index (χ1n) is 7.00. The van der Waals surface area contributed by atoms with Crippen LogP contribution in [-0.4, -0.2) is 31.1 Å². The topological polar surface area (TPSA) is 99.0 Å². The molecular formula is C16H12Cl2N2O6. The quantitative estimate of drug-likeness (QED) is 0.435. The lowest BCUT2D eigenvalue weighted by molar-refractivity contribution is -0.384. The molecule has 136 valence electrons. The summed E-state index contributed by atoms with van der Waals surface area (Å²) in [6.07, 6.45) is 5.59. The lowest BCUT2D eigenvalue weighted by Crippen LogP contribution is -2.27. The molecule has 0 saturated heterocycles. The number of hydrogen-bond donors (Lipinski definition) is 0. The minimum absolute atomic E-state index is 0.0409. The summed E-state index contributed by atoms with van der Waals surface area (Å²) in [6.45, 7) is 0. The van der Waals surface area contributed by atoms with Crippen LogP contribution in [0.1, 0.15) is 0 Å². The van der Waals surface area contributed by atoms with Crippen LogP contribution in [0.4, 0.5) is 11.4 Å². The van der Waals surface area contributed by atoms with E-state index in [0.29, 0.717) is 0 Å². The van der Waals surface area contributed by atoms with Crippen molar-refractivity contribution in [2.45, 2.75) is 0 Å². The highest BCUT2D eigenvalue weighted by Crippen LogP contribution is 2.41. The lowest BCUT2D eigenvalue weighted by atomic mass is 10.1. The minimum atomic E-state index is -0.915. The first-order chi connectivity index (χ1) is 12.3. The van der Waals surface area contributed by atoms with E-state index in [4.69, 9.17) is 27.9 Å². The largest absolute Gasteiger partial charge is 0.465 e. The van der Waals surface area contributed by atoms with E-state index >= 15 is 0 Å². The molecular weight excluding hydrogens is 387 g/mol. The molecule has 8 nitrogen and oxygen atoms in total. The smallest absolute Gasteiger partial charge is 0.355 e. The van der Waals surface area contributed by atoms with Crippen molar-refractivity contribution in [3.05, 3.63) is 68.0 Å². The highest BCUT2D eigenvalue weighted by molar-refractivity contribution is 6.37.